The van der Waals surface area contributed by atoms with Crippen LogP contribution >= 0.6 is 11.6 Å². The highest BCUT2D eigenvalue weighted by molar-refractivity contribution is 6.30. The van der Waals surface area contributed by atoms with Crippen LogP contribution in [0.15, 0.2) is 72.8 Å². The van der Waals surface area contributed by atoms with Crippen LogP contribution in [0.3, 0.4) is 0 Å². The van der Waals surface area contributed by atoms with Crippen LogP contribution in [-0.4, -0.2) is 61.2 Å². The highest BCUT2D eigenvalue weighted by Crippen LogP contribution is 2.26. The topological polar surface area (TPSA) is 104 Å². The number of aliphatic hydroxyl groups excluding tert-OH is 2. The Labute approximate surface area is 218 Å². The van der Waals surface area contributed by atoms with E-state index in [1.807, 2.05) is 78.6 Å². The summed E-state index contributed by atoms with van der Waals surface area (Å²) in [6, 6.07) is 26.6. The lowest BCUT2D eigenvalue weighted by molar-refractivity contribution is 0.102. The third-order valence-corrected chi connectivity index (χ3v) is 5.53. The molecule has 1 aliphatic heterocycles. The number of rotatable bonds is 5. The molecule has 0 atom stereocenters. The first kappa shape index (κ1) is 28.6. The van der Waals surface area contributed by atoms with Crippen molar-refractivity contribution >= 4 is 17.3 Å². The number of piperazine rings is 1. The van der Waals surface area contributed by atoms with E-state index in [-0.39, 0.29) is 19.9 Å². The smallest absolute Gasteiger partial charge is 0.120 e. The van der Waals surface area contributed by atoms with Gasteiger partial charge in [0.1, 0.15) is 18.4 Å². The number of aliphatic hydroxyl groups is 2. The second-order valence-corrected chi connectivity index (χ2v) is 8.32. The molecule has 7 nitrogen and oxygen atoms in total. The lowest BCUT2D eigenvalue weighted by Gasteiger charge is -2.35. The summed E-state index contributed by atoms with van der Waals surface area (Å²) in [4.78, 5) is 4.10. The maximum Gasteiger partial charge on any atom is 0.120 e. The molecule has 1 heterocycles. The Balaban J connectivity index is 0.000000233. The Bertz CT molecular complexity index is 1120. The highest BCUT2D eigenvalue weighted by atomic mass is 35.5. The van der Waals surface area contributed by atoms with Gasteiger partial charge in [0, 0.05) is 31.2 Å². The van der Waals surface area contributed by atoms with E-state index in [0.29, 0.717) is 11.3 Å². The monoisotopic (exact) mass is 506 g/mol. The van der Waals surface area contributed by atoms with E-state index in [0.717, 1.165) is 42.5 Å². The molecule has 0 aromatic heterocycles. The molecule has 3 aromatic rings. The zero-order valence-corrected chi connectivity index (χ0v) is 21.1. The van der Waals surface area contributed by atoms with E-state index in [1.54, 1.807) is 6.07 Å². The SMILES string of the molecule is Cc1ccc(C#N)cc1.Clc1ccccc1.N#Cc1cc(OCCO)ccc1N1CCN(CO)CC1. The summed E-state index contributed by atoms with van der Waals surface area (Å²) >= 11 is 5.54. The van der Waals surface area contributed by atoms with E-state index in [2.05, 4.69) is 17.0 Å². The zero-order chi connectivity index (χ0) is 26.2. The number of anilines is 1. The van der Waals surface area contributed by atoms with E-state index in [9.17, 15) is 5.26 Å². The molecular formula is C28H31ClN4O3. The molecule has 0 spiro atoms. The molecule has 4 rings (SSSR count). The van der Waals surface area contributed by atoms with Gasteiger partial charge in [-0.3, -0.25) is 4.90 Å². The molecule has 8 heteroatoms. The molecular weight excluding hydrogens is 476 g/mol. The van der Waals surface area contributed by atoms with E-state index < -0.39 is 0 Å². The summed E-state index contributed by atoms with van der Waals surface area (Å²) in [6.45, 7) is 5.38. The number of hydrogen-bond acceptors (Lipinski definition) is 7. The predicted molar refractivity (Wildman–Crippen MR) is 142 cm³/mol. The standard InChI is InChI=1S/C14H19N3O3.C8H7N.C6H5Cl/c15-10-12-9-13(20-8-7-18)1-2-14(12)17-5-3-16(11-19)4-6-17;1-7-2-4-8(6-9)5-3-7;7-6-4-2-1-3-5-6/h1-2,9,18-19H,3-8,11H2;2-5H,1H3;1-5H. The molecule has 3 aromatic carbocycles. The van der Waals surface area contributed by atoms with Gasteiger partial charge in [-0.05, 0) is 49.4 Å². The quantitative estimate of drug-likeness (QED) is 0.534. The summed E-state index contributed by atoms with van der Waals surface area (Å²) in [6.07, 6.45) is 0. The number of nitrogens with zero attached hydrogens (tertiary/aromatic N) is 4. The predicted octanol–water partition coefficient (Wildman–Crippen LogP) is 4.21. The molecule has 0 amide bonds. The van der Waals surface area contributed by atoms with Gasteiger partial charge in [-0.1, -0.05) is 47.5 Å². The fourth-order valence-corrected chi connectivity index (χ4v) is 3.45. The van der Waals surface area contributed by atoms with Gasteiger partial charge in [0.05, 0.1) is 36.2 Å². The van der Waals surface area contributed by atoms with Crippen LogP contribution < -0.4 is 9.64 Å². The third-order valence-electron chi connectivity index (χ3n) is 5.28. The number of aryl methyl sites for hydroxylation is 1. The average Bonchev–Trinajstić information content (AvgIpc) is 2.93. The van der Waals surface area contributed by atoms with Crippen LogP contribution in [0.4, 0.5) is 5.69 Å². The second-order valence-electron chi connectivity index (χ2n) is 7.88. The summed E-state index contributed by atoms with van der Waals surface area (Å²) in [5.41, 5.74) is 3.37. The average molecular weight is 507 g/mol. The van der Waals surface area contributed by atoms with Crippen LogP contribution in [0.5, 0.6) is 5.75 Å². The molecule has 1 saturated heterocycles. The zero-order valence-electron chi connectivity index (χ0n) is 20.3. The molecule has 0 radical (unpaired) electrons. The van der Waals surface area contributed by atoms with Gasteiger partial charge in [-0.25, -0.2) is 0 Å². The van der Waals surface area contributed by atoms with Crippen molar-refractivity contribution in [3.8, 4) is 17.9 Å². The van der Waals surface area contributed by atoms with Gasteiger partial charge in [-0.2, -0.15) is 10.5 Å². The molecule has 0 unspecified atom stereocenters. The van der Waals surface area contributed by atoms with Crippen molar-refractivity contribution in [3.05, 3.63) is 94.5 Å². The minimum Gasteiger partial charge on any atom is -0.491 e. The summed E-state index contributed by atoms with van der Waals surface area (Å²) in [5.74, 6) is 0.591. The number of benzene rings is 3. The summed E-state index contributed by atoms with van der Waals surface area (Å²) < 4.78 is 5.31. The number of nitriles is 2. The maximum atomic E-state index is 9.27. The minimum atomic E-state index is -0.0489. The Hall–Kier alpha value is -3.59. The molecule has 36 heavy (non-hydrogen) atoms. The largest absolute Gasteiger partial charge is 0.491 e. The Morgan fingerprint density at radius 1 is 0.889 bits per heavy atom. The molecule has 188 valence electrons. The van der Waals surface area contributed by atoms with E-state index in [4.69, 9.17) is 31.8 Å². The van der Waals surface area contributed by atoms with Gasteiger partial charge in [0.25, 0.3) is 0 Å². The van der Waals surface area contributed by atoms with Crippen LogP contribution in [0.25, 0.3) is 0 Å². The molecule has 1 aliphatic rings. The first-order valence-corrected chi connectivity index (χ1v) is 11.9. The normalized spacial score (nSPS) is 12.7. The summed E-state index contributed by atoms with van der Waals surface area (Å²) in [7, 11) is 0. The number of hydrogen-bond donors (Lipinski definition) is 2. The maximum absolute atomic E-state index is 9.27. The highest BCUT2D eigenvalue weighted by Gasteiger charge is 2.19. The van der Waals surface area contributed by atoms with Crippen molar-refractivity contribution in [2.24, 2.45) is 0 Å². The van der Waals surface area contributed by atoms with Gasteiger partial charge in [0.15, 0.2) is 0 Å². The second kappa shape index (κ2) is 16.1. The van der Waals surface area contributed by atoms with Gasteiger partial charge >= 0.3 is 0 Å². The van der Waals surface area contributed by atoms with Gasteiger partial charge < -0.3 is 19.8 Å². The van der Waals surface area contributed by atoms with Crippen LogP contribution in [0, 0.1) is 29.6 Å². The molecule has 0 saturated carbocycles. The Kier molecular flexibility index (Phi) is 12.9. The Morgan fingerprint density at radius 3 is 2.06 bits per heavy atom. The summed E-state index contributed by atoms with van der Waals surface area (Å²) in [5, 5.41) is 36.3. The molecule has 0 bridgehead atoms. The minimum absolute atomic E-state index is 0.0489. The van der Waals surface area contributed by atoms with Crippen LogP contribution in [0.1, 0.15) is 16.7 Å². The van der Waals surface area contributed by atoms with Gasteiger partial charge in [0.2, 0.25) is 0 Å². The van der Waals surface area contributed by atoms with Crippen molar-refractivity contribution in [1.82, 2.24) is 4.90 Å². The van der Waals surface area contributed by atoms with Crippen molar-refractivity contribution < 1.29 is 14.9 Å². The molecule has 0 aliphatic carbocycles. The van der Waals surface area contributed by atoms with Gasteiger partial charge in [-0.15, -0.1) is 0 Å². The van der Waals surface area contributed by atoms with E-state index in [1.165, 1.54) is 5.56 Å². The fraction of sp³-hybridized carbons (Fsp3) is 0.286. The Morgan fingerprint density at radius 2 is 1.56 bits per heavy atom. The fourth-order valence-electron chi connectivity index (χ4n) is 3.31. The van der Waals surface area contributed by atoms with Crippen LogP contribution in [0.2, 0.25) is 5.02 Å². The van der Waals surface area contributed by atoms with E-state index >= 15 is 0 Å². The third kappa shape index (κ3) is 9.95. The first-order valence-electron chi connectivity index (χ1n) is 11.5. The van der Waals surface area contributed by atoms with Crippen LogP contribution in [-0.2, 0) is 0 Å². The van der Waals surface area contributed by atoms with Crippen molar-refractivity contribution in [2.45, 2.75) is 6.92 Å². The van der Waals surface area contributed by atoms with Crippen molar-refractivity contribution in [1.29, 1.82) is 10.5 Å². The van der Waals surface area contributed by atoms with Crippen molar-refractivity contribution in [2.75, 3.05) is 51.0 Å². The number of halogens is 1. The molecule has 2 N–H and O–H groups in total. The number of ether oxygens (including phenoxy) is 1. The van der Waals surface area contributed by atoms with Crippen molar-refractivity contribution in [3.63, 3.8) is 0 Å². The molecule has 1 fully saturated rings. The lowest BCUT2D eigenvalue weighted by atomic mass is 10.1. The first-order chi connectivity index (χ1) is 17.5. The lowest BCUT2D eigenvalue weighted by Crippen LogP contribution is -2.46.